The first-order valence-electron chi connectivity index (χ1n) is 6.25. The molecule has 1 heterocycles. The average molecular weight is 282 g/mol. The van der Waals surface area contributed by atoms with Gasteiger partial charge in [0.2, 0.25) is 15.9 Å². The molecule has 1 N–H and O–H groups in total. The minimum absolute atomic E-state index is 0.102. The Hall–Kier alpha value is -1.40. The molecule has 5 nitrogen and oxygen atoms in total. The van der Waals surface area contributed by atoms with Crippen LogP contribution >= 0.6 is 0 Å². The third kappa shape index (κ3) is 3.13. The molecular formula is C13H18N2O3S. The van der Waals surface area contributed by atoms with Gasteiger partial charge in [-0.05, 0) is 43.5 Å². The highest BCUT2D eigenvalue weighted by molar-refractivity contribution is 7.89. The molecule has 1 amide bonds. The molecule has 19 heavy (non-hydrogen) atoms. The van der Waals surface area contributed by atoms with Gasteiger partial charge in [-0.25, -0.2) is 8.42 Å². The van der Waals surface area contributed by atoms with Gasteiger partial charge in [0, 0.05) is 13.1 Å². The molecule has 1 aliphatic heterocycles. The average Bonchev–Trinajstić information content (AvgIpc) is 2.53. The summed E-state index contributed by atoms with van der Waals surface area (Å²) in [7, 11) is -3.59. The van der Waals surface area contributed by atoms with Gasteiger partial charge in [-0.15, -0.1) is 0 Å². The third-order valence-corrected chi connectivity index (χ3v) is 4.88. The van der Waals surface area contributed by atoms with E-state index in [-0.39, 0.29) is 17.3 Å². The zero-order chi connectivity index (χ0) is 14.0. The summed E-state index contributed by atoms with van der Waals surface area (Å²) in [5.74, 6) is -0.245. The molecule has 1 aromatic carbocycles. The van der Waals surface area contributed by atoms with Crippen molar-refractivity contribution in [2.75, 3.05) is 19.6 Å². The summed E-state index contributed by atoms with van der Waals surface area (Å²) in [6.07, 6.45) is 0.635. The summed E-state index contributed by atoms with van der Waals surface area (Å²) < 4.78 is 26.3. The van der Waals surface area contributed by atoms with Gasteiger partial charge in [-0.2, -0.15) is 4.31 Å². The first-order chi connectivity index (χ1) is 8.89. The highest BCUT2D eigenvalue weighted by Gasteiger charge is 2.28. The number of rotatable bonds is 2. The number of benzene rings is 1. The predicted molar refractivity (Wildman–Crippen MR) is 72.3 cm³/mol. The molecule has 0 saturated carbocycles. The highest BCUT2D eigenvalue weighted by Crippen LogP contribution is 2.19. The van der Waals surface area contributed by atoms with Crippen LogP contribution in [0.15, 0.2) is 23.1 Å². The van der Waals surface area contributed by atoms with Gasteiger partial charge in [0.25, 0.3) is 0 Å². The number of nitrogens with one attached hydrogen (secondary N) is 1. The number of nitrogens with zero attached hydrogens (tertiary/aromatic N) is 1. The van der Waals surface area contributed by atoms with Crippen molar-refractivity contribution in [1.29, 1.82) is 0 Å². The summed E-state index contributed by atoms with van der Waals surface area (Å²) in [6, 6.07) is 5.21. The number of sulfonamides is 1. The van der Waals surface area contributed by atoms with Crippen molar-refractivity contribution in [3.05, 3.63) is 29.3 Å². The van der Waals surface area contributed by atoms with Gasteiger partial charge >= 0.3 is 0 Å². The van der Waals surface area contributed by atoms with Gasteiger partial charge in [-0.3, -0.25) is 4.79 Å². The molecule has 0 atom stereocenters. The van der Waals surface area contributed by atoms with Gasteiger partial charge < -0.3 is 5.32 Å². The molecule has 1 saturated heterocycles. The van der Waals surface area contributed by atoms with Crippen LogP contribution in [0.5, 0.6) is 0 Å². The lowest BCUT2D eigenvalue weighted by atomic mass is 10.2. The van der Waals surface area contributed by atoms with E-state index in [1.165, 1.54) is 4.31 Å². The topological polar surface area (TPSA) is 66.5 Å². The number of amides is 1. The van der Waals surface area contributed by atoms with Crippen LogP contribution in [-0.2, 0) is 14.8 Å². The SMILES string of the molecule is Cc1cc(C)cc(S(=O)(=O)N2CCCNC(=O)C2)c1. The fourth-order valence-corrected chi connectivity index (χ4v) is 3.84. The minimum atomic E-state index is -3.59. The second-order valence-electron chi connectivity index (χ2n) is 4.87. The Morgan fingerprint density at radius 1 is 1.16 bits per heavy atom. The third-order valence-electron chi connectivity index (χ3n) is 3.06. The Morgan fingerprint density at radius 3 is 2.42 bits per heavy atom. The maximum atomic E-state index is 12.5. The maximum absolute atomic E-state index is 12.5. The summed E-state index contributed by atoms with van der Waals surface area (Å²) in [6.45, 7) is 4.52. The molecule has 0 aromatic heterocycles. The largest absolute Gasteiger partial charge is 0.355 e. The Balaban J connectivity index is 2.37. The van der Waals surface area contributed by atoms with Crippen molar-refractivity contribution in [3.63, 3.8) is 0 Å². The van der Waals surface area contributed by atoms with Crippen LogP contribution in [0.4, 0.5) is 0 Å². The number of carbonyl (C=O) groups is 1. The van der Waals surface area contributed by atoms with E-state index >= 15 is 0 Å². The zero-order valence-electron chi connectivity index (χ0n) is 11.1. The molecular weight excluding hydrogens is 264 g/mol. The summed E-state index contributed by atoms with van der Waals surface area (Å²) in [5.41, 5.74) is 1.80. The van der Waals surface area contributed by atoms with E-state index in [0.29, 0.717) is 19.5 Å². The molecule has 0 unspecified atom stereocenters. The van der Waals surface area contributed by atoms with E-state index in [4.69, 9.17) is 0 Å². The summed E-state index contributed by atoms with van der Waals surface area (Å²) in [5, 5.41) is 2.68. The van der Waals surface area contributed by atoms with Crippen LogP contribution in [0.3, 0.4) is 0 Å². The fraction of sp³-hybridized carbons (Fsp3) is 0.462. The number of aryl methyl sites for hydroxylation is 2. The van der Waals surface area contributed by atoms with Crippen LogP contribution in [0.2, 0.25) is 0 Å². The molecule has 1 aromatic rings. The normalized spacial score (nSPS) is 17.9. The molecule has 2 rings (SSSR count). The van der Waals surface area contributed by atoms with Crippen molar-refractivity contribution < 1.29 is 13.2 Å². The van der Waals surface area contributed by atoms with Crippen molar-refractivity contribution in [1.82, 2.24) is 9.62 Å². The van der Waals surface area contributed by atoms with Gasteiger partial charge in [0.15, 0.2) is 0 Å². The van der Waals surface area contributed by atoms with Crippen LogP contribution < -0.4 is 5.32 Å². The fourth-order valence-electron chi connectivity index (χ4n) is 2.21. The van der Waals surface area contributed by atoms with Crippen LogP contribution in [0.1, 0.15) is 17.5 Å². The Labute approximate surface area is 113 Å². The van der Waals surface area contributed by atoms with Crippen molar-refractivity contribution in [3.8, 4) is 0 Å². The maximum Gasteiger partial charge on any atom is 0.243 e. The van der Waals surface area contributed by atoms with Crippen molar-refractivity contribution in [2.45, 2.75) is 25.2 Å². The van der Waals surface area contributed by atoms with E-state index in [2.05, 4.69) is 5.32 Å². The highest BCUT2D eigenvalue weighted by atomic mass is 32.2. The second kappa shape index (κ2) is 5.30. The van der Waals surface area contributed by atoms with Gasteiger partial charge in [0.1, 0.15) is 0 Å². The first-order valence-corrected chi connectivity index (χ1v) is 7.69. The quantitative estimate of drug-likeness (QED) is 0.873. The van der Waals surface area contributed by atoms with E-state index in [9.17, 15) is 13.2 Å². The molecule has 1 fully saturated rings. The smallest absolute Gasteiger partial charge is 0.243 e. The Morgan fingerprint density at radius 2 is 1.79 bits per heavy atom. The Kier molecular flexibility index (Phi) is 3.91. The van der Waals surface area contributed by atoms with Crippen LogP contribution in [0.25, 0.3) is 0 Å². The molecule has 104 valence electrons. The van der Waals surface area contributed by atoms with E-state index in [1.54, 1.807) is 12.1 Å². The lowest BCUT2D eigenvalue weighted by molar-refractivity contribution is -0.120. The standard InChI is InChI=1S/C13H18N2O3S/c1-10-6-11(2)8-12(7-10)19(17,18)15-5-3-4-14-13(16)9-15/h6-8H,3-5,9H2,1-2H3,(H,14,16). The van der Waals surface area contributed by atoms with Crippen molar-refractivity contribution in [2.24, 2.45) is 0 Å². The summed E-state index contributed by atoms with van der Waals surface area (Å²) >= 11 is 0. The zero-order valence-corrected chi connectivity index (χ0v) is 12.0. The molecule has 1 aliphatic rings. The summed E-state index contributed by atoms with van der Waals surface area (Å²) in [4.78, 5) is 11.8. The van der Waals surface area contributed by atoms with Gasteiger partial charge in [0.05, 0.1) is 11.4 Å². The molecule has 0 aliphatic carbocycles. The second-order valence-corrected chi connectivity index (χ2v) is 6.80. The Bertz CT molecular complexity index is 576. The van der Waals surface area contributed by atoms with Gasteiger partial charge in [-0.1, -0.05) is 6.07 Å². The van der Waals surface area contributed by atoms with Crippen molar-refractivity contribution >= 4 is 15.9 Å². The molecule has 0 spiro atoms. The molecule has 6 heteroatoms. The van der Waals surface area contributed by atoms with E-state index in [1.807, 2.05) is 19.9 Å². The van der Waals surface area contributed by atoms with E-state index in [0.717, 1.165) is 11.1 Å². The number of carbonyl (C=O) groups excluding carboxylic acids is 1. The predicted octanol–water partition coefficient (Wildman–Crippen LogP) is 0.814. The van der Waals surface area contributed by atoms with E-state index < -0.39 is 10.0 Å². The molecule has 0 bridgehead atoms. The molecule has 0 radical (unpaired) electrons. The number of hydrogen-bond donors (Lipinski definition) is 1. The lowest BCUT2D eigenvalue weighted by Gasteiger charge is -2.19. The number of hydrogen-bond acceptors (Lipinski definition) is 3. The lowest BCUT2D eigenvalue weighted by Crippen LogP contribution is -2.37. The minimum Gasteiger partial charge on any atom is -0.355 e. The van der Waals surface area contributed by atoms with Crippen LogP contribution in [-0.4, -0.2) is 38.3 Å². The van der Waals surface area contributed by atoms with Crippen LogP contribution in [0, 0.1) is 13.8 Å². The monoisotopic (exact) mass is 282 g/mol. The first kappa shape index (κ1) is 14.0.